The van der Waals surface area contributed by atoms with Crippen LogP contribution >= 0.6 is 22.9 Å². The van der Waals surface area contributed by atoms with Crippen LogP contribution in [0.4, 0.5) is 72.1 Å². The number of nitriles is 1. The van der Waals surface area contributed by atoms with Gasteiger partial charge in [-0.15, -0.1) is 31.7 Å². The van der Waals surface area contributed by atoms with E-state index < -0.39 is 101 Å². The van der Waals surface area contributed by atoms with Crippen LogP contribution in [-0.2, 0) is 98.4 Å². The molecule has 11 aromatic rings. The fourth-order valence-electron chi connectivity index (χ4n) is 11.9. The molecule has 40 nitrogen and oxygen atoms in total. The number of nitrogens with zero attached hydrogens (tertiary/aromatic N) is 17. The number of rotatable bonds is 30. The first kappa shape index (κ1) is 100. The molecule has 2 aromatic carbocycles. The van der Waals surface area contributed by atoms with E-state index in [4.69, 9.17) is 31.1 Å². The summed E-state index contributed by atoms with van der Waals surface area (Å²) in [5, 5.41) is 48.3. The second-order valence-corrected chi connectivity index (χ2v) is 37.7. The Kier molecular flexibility index (Phi) is 34.2. The second-order valence-electron chi connectivity index (χ2n) is 28.9. The van der Waals surface area contributed by atoms with Crippen LogP contribution in [0.25, 0.3) is 45.6 Å². The quantitative estimate of drug-likeness (QED) is 0.00951. The van der Waals surface area contributed by atoms with Crippen LogP contribution in [0, 0.1) is 58.7 Å². The van der Waals surface area contributed by atoms with Crippen molar-refractivity contribution in [2.45, 2.75) is 138 Å². The number of pyridine rings is 4. The lowest BCUT2D eigenvalue weighted by molar-refractivity contribution is -0.204. The molecule has 50 heteroatoms. The molecule has 0 fully saturated rings. The van der Waals surface area contributed by atoms with Gasteiger partial charge in [-0.25, -0.2) is 86.4 Å². The van der Waals surface area contributed by atoms with Gasteiger partial charge < -0.3 is 18.9 Å². The molecule has 0 saturated heterocycles. The molecule has 686 valence electrons. The number of aromatic nitrogens is 16. The summed E-state index contributed by atoms with van der Waals surface area (Å²) in [5.41, 5.74) is 8.62. The lowest BCUT2D eigenvalue weighted by Gasteiger charge is -2.21. The van der Waals surface area contributed by atoms with E-state index in [-0.39, 0.29) is 71.6 Å². The van der Waals surface area contributed by atoms with Gasteiger partial charge in [-0.1, -0.05) is 95.0 Å². The number of aryl methyl sites for hydroxylation is 10. The number of carbonyl (C=O) groups is 4. The highest BCUT2D eigenvalue weighted by atomic mass is 35.5. The predicted octanol–water partition coefficient (Wildman–Crippen LogP) is 13.5. The number of unbranched alkanes of at least 4 members (excludes halogenated alkanes) is 3. The average Bonchev–Trinajstić information content (AvgIpc) is 1.63. The number of amides is 3. The Morgan fingerprint density at radius 2 is 0.906 bits per heavy atom. The zero-order chi connectivity index (χ0) is 94.7. The molecule has 0 spiro atoms. The maximum atomic E-state index is 13.7. The highest BCUT2D eigenvalue weighted by Crippen LogP contribution is 2.37. The van der Waals surface area contributed by atoms with Crippen LogP contribution in [0.3, 0.4) is 0 Å². The highest BCUT2D eigenvalue weighted by molar-refractivity contribution is 7.92. The van der Waals surface area contributed by atoms with Crippen LogP contribution in [-0.4, -0.2) is 175 Å². The Balaban J connectivity index is 0.000000211. The van der Waals surface area contributed by atoms with Crippen LogP contribution in [0.1, 0.15) is 133 Å². The van der Waals surface area contributed by atoms with E-state index in [1.807, 2.05) is 32.0 Å². The first-order valence-corrected chi connectivity index (χ1v) is 47.2. The zero-order valence-corrected chi connectivity index (χ0v) is 77.0. The van der Waals surface area contributed by atoms with Crippen molar-refractivity contribution in [2.75, 3.05) is 59.9 Å². The van der Waals surface area contributed by atoms with Gasteiger partial charge in [-0.3, -0.25) is 44.3 Å². The number of esters is 1. The van der Waals surface area contributed by atoms with E-state index in [0.29, 0.717) is 95.8 Å². The van der Waals surface area contributed by atoms with Gasteiger partial charge >= 0.3 is 30.4 Å². The van der Waals surface area contributed by atoms with Crippen LogP contribution in [0.15, 0.2) is 103 Å². The van der Waals surface area contributed by atoms with Gasteiger partial charge in [0.15, 0.2) is 40.6 Å². The van der Waals surface area contributed by atoms with Gasteiger partial charge in [0.1, 0.15) is 29.8 Å². The van der Waals surface area contributed by atoms with E-state index in [0.717, 1.165) is 53.0 Å². The van der Waals surface area contributed by atoms with Crippen molar-refractivity contribution in [3.8, 4) is 51.6 Å². The molecule has 0 unspecified atom stereocenters. The molecule has 0 bridgehead atoms. The summed E-state index contributed by atoms with van der Waals surface area (Å²) < 4.78 is 182. The third-order valence-electron chi connectivity index (χ3n) is 17.9. The summed E-state index contributed by atoms with van der Waals surface area (Å²) >= 11 is 7.65. The number of carbonyl (C=O) groups excluding carboxylic acids is 4. The predicted molar refractivity (Wildman–Crippen MR) is 470 cm³/mol. The molecule has 0 aliphatic carbocycles. The minimum absolute atomic E-state index is 0.0104. The number of anilines is 7. The lowest BCUT2D eigenvalue weighted by atomic mass is 10.1. The minimum Gasteiger partial charge on any atom is -0.457 e. The Bertz CT molecular complexity index is 6350. The average molecular weight is 1890 g/mol. The number of thiophene rings is 1. The molecular weight excluding hydrogens is 1800 g/mol. The van der Waals surface area contributed by atoms with E-state index in [1.54, 1.807) is 136 Å². The van der Waals surface area contributed by atoms with Crippen LogP contribution < -0.4 is 34.8 Å². The monoisotopic (exact) mass is 1890 g/mol. The molecule has 128 heavy (non-hydrogen) atoms. The summed E-state index contributed by atoms with van der Waals surface area (Å²) in [7, 11) is -7.58. The number of benzene rings is 2. The Labute approximate surface area is 743 Å². The van der Waals surface area contributed by atoms with Crippen molar-refractivity contribution in [1.82, 2.24) is 79.9 Å². The maximum absolute atomic E-state index is 13.7. The molecule has 9 heterocycles. The number of hydrogen-bond donors (Lipinski definition) is 7. The third-order valence-corrected chi connectivity index (χ3v) is 21.6. The largest absolute Gasteiger partial charge is 0.457 e. The summed E-state index contributed by atoms with van der Waals surface area (Å²) in [6, 6.07) is 29.6. The van der Waals surface area contributed by atoms with Crippen molar-refractivity contribution >= 4 is 127 Å². The molecule has 0 saturated carbocycles. The SMILES string of the molecule is CCCCCC[C@H](OC(=O)Nc1c(-c2ccc(NS(C)(=O)=O)c(C)n2)nnn1C)C(F)(F)F.Cc1cc(F)cc([C@@H](C)OC(=O)Nc2c(-c3ccc(NS(C)(=O)=O)c(C)n3)nnn2C)c1.Cc1cc([C@@H](C)OC(=O)Cc2c(-c3ccc(NS(C)(=O)=O)c(C)n3)nnn2C)c(Cl)s1.Cc1nc(-c2nnn(C)c2NC(=O)O[C@H](CC#N)c2ccccc2)ccc1NS(C)(=O)=O. The second kappa shape index (κ2) is 43.5. The Morgan fingerprint density at radius 3 is 1.28 bits per heavy atom. The summed E-state index contributed by atoms with van der Waals surface area (Å²) in [5.74, 6) is -0.430. The smallest absolute Gasteiger partial charge is 0.425 e. The van der Waals surface area contributed by atoms with Crippen LogP contribution in [0.5, 0.6) is 0 Å². The number of halogens is 5. The van der Waals surface area contributed by atoms with Gasteiger partial charge in [0.25, 0.3) is 0 Å². The zero-order valence-electron chi connectivity index (χ0n) is 72.1. The summed E-state index contributed by atoms with van der Waals surface area (Å²) in [4.78, 5) is 68.4. The van der Waals surface area contributed by atoms with E-state index >= 15 is 0 Å². The summed E-state index contributed by atoms with van der Waals surface area (Å²) in [6.45, 7) is 15.5. The Morgan fingerprint density at radius 1 is 0.508 bits per heavy atom. The van der Waals surface area contributed by atoms with Crippen molar-refractivity contribution in [3.63, 3.8) is 0 Å². The van der Waals surface area contributed by atoms with Gasteiger partial charge in [-0.05, 0) is 152 Å². The number of alkyl halides is 3. The van der Waals surface area contributed by atoms with E-state index in [1.165, 1.54) is 56.7 Å². The van der Waals surface area contributed by atoms with Crippen LogP contribution in [0.2, 0.25) is 4.34 Å². The van der Waals surface area contributed by atoms with Crippen molar-refractivity contribution in [2.24, 2.45) is 28.2 Å². The van der Waals surface area contributed by atoms with Gasteiger partial charge in [-0.2, -0.15) is 18.4 Å². The van der Waals surface area contributed by atoms with Crippen molar-refractivity contribution < 1.29 is 89.4 Å². The molecule has 0 radical (unpaired) electrons. The fraction of sp³-hybridized carbons (Fsp3) is 0.372. The van der Waals surface area contributed by atoms with E-state index in [2.05, 4.69) is 101 Å². The number of hydrogen-bond acceptors (Lipinski definition) is 30. The number of ether oxygens (including phenoxy) is 4. The van der Waals surface area contributed by atoms with E-state index in [9.17, 15) is 70.4 Å². The topological polar surface area (TPSA) is 524 Å². The number of sulfonamides is 4. The molecule has 7 N–H and O–H groups in total. The highest BCUT2D eigenvalue weighted by Gasteiger charge is 2.43. The first-order valence-electron chi connectivity index (χ1n) is 38.4. The van der Waals surface area contributed by atoms with Gasteiger partial charge in [0, 0.05) is 38.6 Å². The molecule has 9 aromatic heterocycles. The molecule has 11 rings (SSSR count). The van der Waals surface area contributed by atoms with Crippen molar-refractivity contribution in [1.29, 1.82) is 5.26 Å². The first-order chi connectivity index (χ1) is 59.9. The molecule has 0 aliphatic rings. The molecular formula is C78H93ClF4N24O16S5. The number of nitrogens with one attached hydrogen (secondary N) is 7. The fourth-order valence-corrected chi connectivity index (χ4v) is 15.7. The Hall–Kier alpha value is -12.9. The minimum atomic E-state index is -4.70. The van der Waals surface area contributed by atoms with Gasteiger partial charge in [0.05, 0.1) is 122 Å². The van der Waals surface area contributed by atoms with Crippen molar-refractivity contribution in [3.05, 3.63) is 169 Å². The normalized spacial score (nSPS) is 12.4. The standard InChI is InChI=1S/C20H23FN6O4S.C20H21N7O4S.C19H22ClN5O4S2.C19H27F3N6O4S/c1-11-8-14(10-15(21)9-11)13(3)31-20(28)23-19-18(24-26-27(19)4)17-7-6-16(12(2)22-17)25-32(5,29)30;1-13-15(25-32(3,29)30)9-10-16(22-13)18-19(27(2)26-24-18)23-20(28)31-17(11-12-21)14-7-5-4-6-8-14;1-10-8-13(19(20)30-10)12(3)29-17(26)9-16-18(22-24-25(16)4)15-7-6-14(11(2)21-15)23-31(5,27)28;1-5-6-7-8-9-15(19(20,21)22)32-18(29)24-17-16(25-27-28(17)3)14-11-10-13(12(2)23-14)26-33(4,30)31/h6-10,13,25H,1-5H3,(H,23,28);4-10,17,25H,11H2,1-3H3,(H,23,28);6-8,12,23H,9H2,1-5H3;10-11,15,26H,5-9H2,1-4H3,(H,24,29)/t13-;17-;12-;15-/m1110/s1. The maximum Gasteiger partial charge on any atom is 0.425 e. The third kappa shape index (κ3) is 29.9. The lowest BCUT2D eigenvalue weighted by Crippen LogP contribution is -2.35. The molecule has 4 atom stereocenters. The summed E-state index contributed by atoms with van der Waals surface area (Å²) in [6.07, 6.45) is -5.42. The molecule has 3 amide bonds. The molecule has 0 aliphatic heterocycles. The van der Waals surface area contributed by atoms with Gasteiger partial charge in [0.2, 0.25) is 40.1 Å².